The molecular formula is C21H27NO2. The summed E-state index contributed by atoms with van der Waals surface area (Å²) in [6.45, 7) is 2.21. The van der Waals surface area contributed by atoms with Crippen molar-refractivity contribution in [1.82, 2.24) is 0 Å². The van der Waals surface area contributed by atoms with Crippen molar-refractivity contribution in [2.45, 2.75) is 57.5 Å². The molecule has 24 heavy (non-hydrogen) atoms. The summed E-state index contributed by atoms with van der Waals surface area (Å²) in [6.07, 6.45) is 13.3. The molecule has 3 heteroatoms. The molecule has 0 amide bonds. The smallest absolute Gasteiger partial charge is 0.102 e. The van der Waals surface area contributed by atoms with Gasteiger partial charge in [0.15, 0.2) is 0 Å². The van der Waals surface area contributed by atoms with E-state index in [9.17, 15) is 5.11 Å². The van der Waals surface area contributed by atoms with Crippen LogP contribution in [-0.4, -0.2) is 17.8 Å². The van der Waals surface area contributed by atoms with E-state index in [-0.39, 0.29) is 11.8 Å². The first-order valence-corrected chi connectivity index (χ1v) is 9.27. The fraction of sp³-hybridized carbons (Fsp3) is 0.667. The van der Waals surface area contributed by atoms with E-state index in [4.69, 9.17) is 10.00 Å². The first-order chi connectivity index (χ1) is 11.5. The van der Waals surface area contributed by atoms with Crippen LogP contribution in [0.2, 0.25) is 0 Å². The molecule has 3 nitrogen and oxygen atoms in total. The van der Waals surface area contributed by atoms with Crippen molar-refractivity contribution in [3.8, 4) is 6.07 Å². The third-order valence-electron chi connectivity index (χ3n) is 7.45. The SMILES string of the molecule is COC1=CC2=C(CC1)[C@H]1CCC3(C)[C@@H](C=C[C@@]3(O)CC#N)[C@@H]1CC2. The van der Waals surface area contributed by atoms with Crippen LogP contribution >= 0.6 is 0 Å². The minimum absolute atomic E-state index is 0.176. The van der Waals surface area contributed by atoms with E-state index in [0.29, 0.717) is 17.8 Å². The molecule has 0 aromatic heterocycles. The quantitative estimate of drug-likeness (QED) is 0.772. The predicted molar refractivity (Wildman–Crippen MR) is 92.7 cm³/mol. The lowest BCUT2D eigenvalue weighted by Gasteiger charge is -2.53. The van der Waals surface area contributed by atoms with E-state index in [0.717, 1.165) is 37.9 Å². The number of ether oxygens (including phenoxy) is 1. The second-order valence-electron chi connectivity index (χ2n) is 8.27. The van der Waals surface area contributed by atoms with Crippen molar-refractivity contribution in [2.24, 2.45) is 23.2 Å². The molecule has 0 bridgehead atoms. The zero-order chi connectivity index (χ0) is 16.9. The van der Waals surface area contributed by atoms with Crippen LogP contribution in [0.4, 0.5) is 0 Å². The van der Waals surface area contributed by atoms with Gasteiger partial charge in [0.1, 0.15) is 5.60 Å². The summed E-state index contributed by atoms with van der Waals surface area (Å²) in [5.74, 6) is 2.79. The van der Waals surface area contributed by atoms with Crippen molar-refractivity contribution in [2.75, 3.05) is 7.11 Å². The molecule has 1 N–H and O–H groups in total. The largest absolute Gasteiger partial charge is 0.501 e. The van der Waals surface area contributed by atoms with E-state index in [1.807, 2.05) is 6.08 Å². The van der Waals surface area contributed by atoms with Crippen molar-refractivity contribution in [3.05, 3.63) is 35.1 Å². The van der Waals surface area contributed by atoms with Crippen LogP contribution in [0.25, 0.3) is 0 Å². The van der Waals surface area contributed by atoms with E-state index in [1.165, 1.54) is 12.0 Å². The van der Waals surface area contributed by atoms with E-state index in [1.54, 1.807) is 12.7 Å². The van der Waals surface area contributed by atoms with Gasteiger partial charge in [-0.3, -0.25) is 0 Å². The average Bonchev–Trinajstić information content (AvgIpc) is 2.86. The lowest BCUT2D eigenvalue weighted by molar-refractivity contribution is -0.0878. The van der Waals surface area contributed by atoms with Gasteiger partial charge in [-0.05, 0) is 61.5 Å². The van der Waals surface area contributed by atoms with Gasteiger partial charge in [-0.2, -0.15) is 5.26 Å². The van der Waals surface area contributed by atoms with Crippen molar-refractivity contribution < 1.29 is 9.84 Å². The van der Waals surface area contributed by atoms with Crippen LogP contribution in [0.15, 0.2) is 35.1 Å². The Balaban J connectivity index is 1.65. The standard InChI is InChI=1S/C21H27NO2/c1-20-9-7-17-16-6-4-15(24-2)13-14(16)3-5-18(17)19(20)8-10-21(20,23)11-12-22/h8,10,13,17-19,23H,3-7,9,11H2,1-2H3/t17-,18-,19+,20?,21-/m1/s1. The van der Waals surface area contributed by atoms with Gasteiger partial charge in [-0.25, -0.2) is 0 Å². The second-order valence-corrected chi connectivity index (χ2v) is 8.27. The highest BCUT2D eigenvalue weighted by atomic mass is 16.5. The molecule has 128 valence electrons. The Morgan fingerprint density at radius 3 is 2.92 bits per heavy atom. The molecule has 4 aliphatic rings. The fourth-order valence-electron chi connectivity index (χ4n) is 5.98. The minimum Gasteiger partial charge on any atom is -0.501 e. The number of nitrogens with zero attached hydrogens (tertiary/aromatic N) is 1. The highest BCUT2D eigenvalue weighted by molar-refractivity contribution is 5.38. The maximum Gasteiger partial charge on any atom is 0.102 e. The van der Waals surface area contributed by atoms with Crippen LogP contribution in [-0.2, 0) is 4.74 Å². The predicted octanol–water partition coefficient (Wildman–Crippen LogP) is 4.26. The molecule has 0 aromatic carbocycles. The number of hydrogen-bond donors (Lipinski definition) is 1. The third kappa shape index (κ3) is 2.05. The van der Waals surface area contributed by atoms with Gasteiger partial charge in [0.05, 0.1) is 25.4 Å². The van der Waals surface area contributed by atoms with E-state index in [2.05, 4.69) is 25.1 Å². The number of methoxy groups -OCH3 is 1. The maximum absolute atomic E-state index is 11.1. The molecule has 0 aromatic rings. The van der Waals surface area contributed by atoms with Crippen LogP contribution in [0.3, 0.4) is 0 Å². The summed E-state index contributed by atoms with van der Waals surface area (Å²) >= 11 is 0. The van der Waals surface area contributed by atoms with Gasteiger partial charge in [0, 0.05) is 11.8 Å². The zero-order valence-electron chi connectivity index (χ0n) is 14.7. The Morgan fingerprint density at radius 1 is 1.33 bits per heavy atom. The molecule has 0 aliphatic heterocycles. The Morgan fingerprint density at radius 2 is 2.17 bits per heavy atom. The third-order valence-corrected chi connectivity index (χ3v) is 7.45. The molecule has 4 rings (SSSR count). The highest BCUT2D eigenvalue weighted by Crippen LogP contribution is 2.62. The van der Waals surface area contributed by atoms with Crippen LogP contribution in [0.1, 0.15) is 51.9 Å². The van der Waals surface area contributed by atoms with Crippen molar-refractivity contribution in [1.29, 1.82) is 5.26 Å². The number of rotatable bonds is 2. The molecule has 5 atom stereocenters. The number of aliphatic hydroxyl groups is 1. The molecule has 0 heterocycles. The molecule has 0 spiro atoms. The van der Waals surface area contributed by atoms with Gasteiger partial charge in [0.2, 0.25) is 0 Å². The Hall–Kier alpha value is -1.53. The Bertz CT molecular complexity index is 682. The molecule has 1 fully saturated rings. The molecule has 0 radical (unpaired) electrons. The first kappa shape index (κ1) is 16.0. The normalized spacial score (nSPS) is 43.4. The summed E-state index contributed by atoms with van der Waals surface area (Å²) in [5, 5.41) is 20.2. The molecule has 1 unspecified atom stereocenters. The van der Waals surface area contributed by atoms with Crippen LogP contribution < -0.4 is 0 Å². The van der Waals surface area contributed by atoms with Crippen molar-refractivity contribution in [3.63, 3.8) is 0 Å². The lowest BCUT2D eigenvalue weighted by Crippen LogP contribution is -2.52. The molecule has 0 saturated heterocycles. The van der Waals surface area contributed by atoms with Gasteiger partial charge in [0.25, 0.3) is 0 Å². The monoisotopic (exact) mass is 325 g/mol. The van der Waals surface area contributed by atoms with Gasteiger partial charge in [-0.1, -0.05) is 24.6 Å². The summed E-state index contributed by atoms with van der Waals surface area (Å²) in [6, 6.07) is 2.20. The van der Waals surface area contributed by atoms with Gasteiger partial charge >= 0.3 is 0 Å². The topological polar surface area (TPSA) is 53.2 Å². The average molecular weight is 325 g/mol. The van der Waals surface area contributed by atoms with Gasteiger partial charge < -0.3 is 9.84 Å². The minimum atomic E-state index is -0.943. The fourth-order valence-corrected chi connectivity index (χ4v) is 5.98. The lowest BCUT2D eigenvalue weighted by atomic mass is 9.52. The van der Waals surface area contributed by atoms with Crippen molar-refractivity contribution >= 4 is 0 Å². The van der Waals surface area contributed by atoms with E-state index < -0.39 is 5.60 Å². The van der Waals surface area contributed by atoms with E-state index >= 15 is 0 Å². The highest BCUT2D eigenvalue weighted by Gasteiger charge is 2.59. The molecule has 4 aliphatic carbocycles. The van der Waals surface area contributed by atoms with Crippen LogP contribution in [0, 0.1) is 34.5 Å². The first-order valence-electron chi connectivity index (χ1n) is 9.27. The number of fused-ring (bicyclic) bond motifs is 4. The summed E-state index contributed by atoms with van der Waals surface area (Å²) < 4.78 is 5.47. The zero-order valence-corrected chi connectivity index (χ0v) is 14.7. The Kier molecular flexibility index (Phi) is 3.65. The second kappa shape index (κ2) is 5.49. The summed E-state index contributed by atoms with van der Waals surface area (Å²) in [4.78, 5) is 0. The summed E-state index contributed by atoms with van der Waals surface area (Å²) in [7, 11) is 1.77. The molecular weight excluding hydrogens is 298 g/mol. The number of allylic oxidation sites excluding steroid dienone is 5. The summed E-state index contributed by atoms with van der Waals surface area (Å²) in [5.41, 5.74) is 2.04. The molecule has 1 saturated carbocycles. The van der Waals surface area contributed by atoms with Crippen LogP contribution in [0.5, 0.6) is 0 Å². The van der Waals surface area contributed by atoms with Gasteiger partial charge in [-0.15, -0.1) is 0 Å². The Labute approximate surface area is 144 Å². The maximum atomic E-state index is 11.1. The number of nitriles is 1. The number of hydrogen-bond acceptors (Lipinski definition) is 3.